The molecule has 0 spiro atoms. The predicted molar refractivity (Wildman–Crippen MR) is 239 cm³/mol. The summed E-state index contributed by atoms with van der Waals surface area (Å²) in [6.45, 7) is 0. The largest absolute Gasteiger partial charge is 0.454 e. The van der Waals surface area contributed by atoms with E-state index in [1.54, 1.807) is 0 Å². The minimum Gasteiger partial charge on any atom is -0.454 e. The molecule has 0 radical (unpaired) electrons. The second-order valence-corrected chi connectivity index (χ2v) is 15.6. The van der Waals surface area contributed by atoms with Crippen molar-refractivity contribution in [1.29, 1.82) is 0 Å². The normalized spacial score (nSPS) is 11.9. The SMILES string of the molecule is c1ccc(-n2c3cc(-c4ccc(N(c5cccc6c5oc5ccccc56)c5cccc6c5sc5ccccc56)cc4)ccc3c3cc4ccccc4cc32)cc1. The van der Waals surface area contributed by atoms with Gasteiger partial charge in [0.2, 0.25) is 0 Å². The van der Waals surface area contributed by atoms with Crippen molar-refractivity contribution in [2.45, 2.75) is 0 Å². The molecule has 3 heterocycles. The summed E-state index contributed by atoms with van der Waals surface area (Å²) in [5, 5.41) is 9.77. The molecular formula is C52H32N2OS. The second kappa shape index (κ2) is 12.2. The molecule has 0 saturated heterocycles. The van der Waals surface area contributed by atoms with Crippen molar-refractivity contribution >= 4 is 103 Å². The highest BCUT2D eigenvalue weighted by Crippen LogP contribution is 2.48. The first-order valence-electron chi connectivity index (χ1n) is 19.0. The summed E-state index contributed by atoms with van der Waals surface area (Å²) >= 11 is 1.84. The van der Waals surface area contributed by atoms with E-state index in [0.29, 0.717) is 0 Å². The maximum Gasteiger partial charge on any atom is 0.159 e. The smallest absolute Gasteiger partial charge is 0.159 e. The number of rotatable bonds is 5. The van der Waals surface area contributed by atoms with E-state index < -0.39 is 0 Å². The topological polar surface area (TPSA) is 21.3 Å². The van der Waals surface area contributed by atoms with Crippen LogP contribution in [-0.2, 0) is 0 Å². The lowest BCUT2D eigenvalue weighted by Crippen LogP contribution is -2.10. The van der Waals surface area contributed by atoms with Gasteiger partial charge in [-0.05, 0) is 88.6 Å². The molecule has 9 aromatic carbocycles. The molecule has 0 aliphatic carbocycles. The van der Waals surface area contributed by atoms with Gasteiger partial charge < -0.3 is 13.9 Å². The van der Waals surface area contributed by atoms with E-state index in [4.69, 9.17) is 4.42 Å². The molecule has 0 atom stereocenters. The standard InChI is InChI=1S/C52H32N2OS/c1-2-14-37(15-3-1)54-47-32-36(26-29-39(47)44-30-34-12-4-5-13-35(34)31-48(44)54)33-24-27-38(28-25-33)53(45-20-10-18-42-40-16-6-8-22-49(40)55-51(42)45)46-21-11-19-43-41-17-7-9-23-50(41)56-52(43)46/h1-32H. The number of thiophene rings is 1. The molecular weight excluding hydrogens is 701 g/mol. The first kappa shape index (κ1) is 31.2. The van der Waals surface area contributed by atoms with Crippen molar-refractivity contribution in [2.75, 3.05) is 4.90 Å². The number of hydrogen-bond acceptors (Lipinski definition) is 3. The van der Waals surface area contributed by atoms with Crippen molar-refractivity contribution in [1.82, 2.24) is 4.57 Å². The van der Waals surface area contributed by atoms with Gasteiger partial charge in [0.15, 0.2) is 5.58 Å². The van der Waals surface area contributed by atoms with Crippen LogP contribution in [0.3, 0.4) is 0 Å². The Balaban J connectivity index is 1.05. The highest BCUT2D eigenvalue weighted by Gasteiger charge is 2.23. The quantitative estimate of drug-likeness (QED) is 0.176. The number of furan rings is 1. The second-order valence-electron chi connectivity index (χ2n) is 14.5. The lowest BCUT2D eigenvalue weighted by Gasteiger charge is -2.26. The molecule has 262 valence electrons. The van der Waals surface area contributed by atoms with Gasteiger partial charge in [-0.25, -0.2) is 0 Å². The van der Waals surface area contributed by atoms with Crippen LogP contribution in [0.15, 0.2) is 199 Å². The Labute approximate surface area is 326 Å². The minimum atomic E-state index is 0.878. The zero-order valence-corrected chi connectivity index (χ0v) is 31.0. The lowest BCUT2D eigenvalue weighted by atomic mass is 10.0. The van der Waals surface area contributed by atoms with E-state index in [2.05, 4.69) is 198 Å². The molecule has 0 amide bonds. The van der Waals surface area contributed by atoms with Crippen molar-refractivity contribution in [2.24, 2.45) is 0 Å². The van der Waals surface area contributed by atoms with Crippen molar-refractivity contribution in [3.05, 3.63) is 194 Å². The highest BCUT2D eigenvalue weighted by molar-refractivity contribution is 7.26. The lowest BCUT2D eigenvalue weighted by molar-refractivity contribution is 0.669. The predicted octanol–water partition coefficient (Wildman–Crippen LogP) is 15.3. The number of hydrogen-bond donors (Lipinski definition) is 0. The molecule has 12 aromatic rings. The zero-order valence-electron chi connectivity index (χ0n) is 30.2. The van der Waals surface area contributed by atoms with Crippen LogP contribution in [0, 0.1) is 0 Å². The van der Waals surface area contributed by atoms with Crippen molar-refractivity contribution in [3.63, 3.8) is 0 Å². The van der Waals surface area contributed by atoms with E-state index in [1.807, 2.05) is 17.4 Å². The van der Waals surface area contributed by atoms with E-state index in [9.17, 15) is 0 Å². The summed E-state index contributed by atoms with van der Waals surface area (Å²) in [7, 11) is 0. The van der Waals surface area contributed by atoms with E-state index in [0.717, 1.165) is 50.3 Å². The van der Waals surface area contributed by atoms with E-state index >= 15 is 0 Å². The minimum absolute atomic E-state index is 0.878. The summed E-state index contributed by atoms with van der Waals surface area (Å²) < 4.78 is 11.6. The van der Waals surface area contributed by atoms with Gasteiger partial charge in [0, 0.05) is 48.4 Å². The average molecular weight is 733 g/mol. The molecule has 0 N–H and O–H groups in total. The Kier molecular flexibility index (Phi) is 6.80. The Morgan fingerprint density at radius 3 is 1.95 bits per heavy atom. The van der Waals surface area contributed by atoms with Crippen LogP contribution in [0.25, 0.3) is 91.5 Å². The number of aromatic nitrogens is 1. The first-order valence-corrected chi connectivity index (χ1v) is 19.8. The van der Waals surface area contributed by atoms with Gasteiger partial charge in [-0.1, -0.05) is 127 Å². The van der Waals surface area contributed by atoms with Crippen LogP contribution in [0.5, 0.6) is 0 Å². The van der Waals surface area contributed by atoms with E-state index in [1.165, 1.54) is 58.3 Å². The third kappa shape index (κ3) is 4.70. The van der Waals surface area contributed by atoms with Gasteiger partial charge in [0.25, 0.3) is 0 Å². The molecule has 0 saturated carbocycles. The van der Waals surface area contributed by atoms with Crippen LogP contribution in [-0.4, -0.2) is 4.57 Å². The zero-order chi connectivity index (χ0) is 36.7. The molecule has 56 heavy (non-hydrogen) atoms. The van der Waals surface area contributed by atoms with Crippen LogP contribution in [0.4, 0.5) is 17.1 Å². The van der Waals surface area contributed by atoms with Crippen molar-refractivity contribution in [3.8, 4) is 16.8 Å². The number of benzene rings is 9. The Bertz CT molecular complexity index is 3370. The van der Waals surface area contributed by atoms with Gasteiger partial charge in [-0.15, -0.1) is 11.3 Å². The fourth-order valence-corrected chi connectivity index (χ4v) is 9.97. The molecule has 12 rings (SSSR count). The molecule has 0 fully saturated rings. The monoisotopic (exact) mass is 732 g/mol. The Morgan fingerprint density at radius 2 is 1.09 bits per heavy atom. The third-order valence-corrected chi connectivity index (χ3v) is 12.6. The number of nitrogens with zero attached hydrogens (tertiary/aromatic N) is 2. The van der Waals surface area contributed by atoms with Gasteiger partial charge >= 0.3 is 0 Å². The summed E-state index contributed by atoms with van der Waals surface area (Å²) in [6, 6.07) is 70.2. The summed E-state index contributed by atoms with van der Waals surface area (Å²) in [5.74, 6) is 0. The highest BCUT2D eigenvalue weighted by atomic mass is 32.1. The number of fused-ring (bicyclic) bond motifs is 10. The first-order chi connectivity index (χ1) is 27.8. The molecule has 0 unspecified atom stereocenters. The average Bonchev–Trinajstić information content (AvgIpc) is 3.93. The van der Waals surface area contributed by atoms with E-state index in [-0.39, 0.29) is 0 Å². The van der Waals surface area contributed by atoms with Gasteiger partial charge in [0.05, 0.1) is 27.1 Å². The van der Waals surface area contributed by atoms with Crippen molar-refractivity contribution < 1.29 is 4.42 Å². The van der Waals surface area contributed by atoms with Gasteiger partial charge in [-0.2, -0.15) is 0 Å². The maximum atomic E-state index is 6.67. The van der Waals surface area contributed by atoms with Crippen LogP contribution < -0.4 is 4.90 Å². The fourth-order valence-electron chi connectivity index (χ4n) is 8.77. The van der Waals surface area contributed by atoms with Crippen LogP contribution in [0.1, 0.15) is 0 Å². The fraction of sp³-hybridized carbons (Fsp3) is 0. The van der Waals surface area contributed by atoms with Gasteiger partial charge in [0.1, 0.15) is 5.58 Å². The van der Waals surface area contributed by atoms with Crippen LogP contribution in [0.2, 0.25) is 0 Å². The van der Waals surface area contributed by atoms with Gasteiger partial charge in [-0.3, -0.25) is 0 Å². The number of para-hydroxylation sites is 3. The maximum absolute atomic E-state index is 6.67. The Morgan fingerprint density at radius 1 is 0.429 bits per heavy atom. The molecule has 0 aliphatic rings. The molecule has 3 aromatic heterocycles. The molecule has 4 heteroatoms. The van der Waals surface area contributed by atoms with Crippen LogP contribution >= 0.6 is 11.3 Å². The summed E-state index contributed by atoms with van der Waals surface area (Å²) in [5.41, 5.74) is 10.9. The summed E-state index contributed by atoms with van der Waals surface area (Å²) in [4.78, 5) is 2.38. The molecule has 0 bridgehead atoms. The number of anilines is 3. The molecule has 0 aliphatic heterocycles. The summed E-state index contributed by atoms with van der Waals surface area (Å²) in [6.07, 6.45) is 0. The Hall–Kier alpha value is -7.14. The molecule has 3 nitrogen and oxygen atoms in total. The third-order valence-electron chi connectivity index (χ3n) is 11.4.